The van der Waals surface area contributed by atoms with E-state index in [-0.39, 0.29) is 24.6 Å². The van der Waals surface area contributed by atoms with Crippen molar-refractivity contribution in [3.63, 3.8) is 0 Å². The van der Waals surface area contributed by atoms with E-state index < -0.39 is 5.97 Å². The van der Waals surface area contributed by atoms with Gasteiger partial charge in [-0.15, -0.1) is 0 Å². The summed E-state index contributed by atoms with van der Waals surface area (Å²) in [5.74, 6) is -0.757. The number of benzene rings is 1. The van der Waals surface area contributed by atoms with Gasteiger partial charge in [-0.05, 0) is 24.8 Å². The summed E-state index contributed by atoms with van der Waals surface area (Å²) in [4.78, 5) is 24.3. The number of nitrogens with zero attached hydrogens (tertiary/aromatic N) is 1. The van der Waals surface area contributed by atoms with Crippen molar-refractivity contribution in [2.24, 2.45) is 5.92 Å². The average Bonchev–Trinajstić information content (AvgIpc) is 3.14. The fourth-order valence-corrected chi connectivity index (χ4v) is 1.96. The Morgan fingerprint density at radius 3 is 2.53 bits per heavy atom. The van der Waals surface area contributed by atoms with Crippen LogP contribution in [0.5, 0.6) is 5.75 Å². The second-order valence-corrected chi connectivity index (χ2v) is 4.92. The van der Waals surface area contributed by atoms with Gasteiger partial charge >= 0.3 is 5.97 Å². The topological polar surface area (TPSA) is 77.8 Å². The maximum absolute atomic E-state index is 12.1. The van der Waals surface area contributed by atoms with Crippen LogP contribution >= 0.6 is 0 Å². The highest BCUT2D eigenvalue weighted by Crippen LogP contribution is 2.30. The summed E-state index contributed by atoms with van der Waals surface area (Å²) in [6, 6.07) is 6.61. The predicted octanol–water partition coefficient (Wildman–Crippen LogP) is 1.26. The lowest BCUT2D eigenvalue weighted by molar-refractivity contribution is -0.144. The Hall–Kier alpha value is -2.04. The maximum Gasteiger partial charge on any atom is 0.323 e. The van der Waals surface area contributed by atoms with Crippen molar-refractivity contribution in [2.45, 2.75) is 19.3 Å². The van der Waals surface area contributed by atoms with Gasteiger partial charge in [-0.3, -0.25) is 9.59 Å². The van der Waals surface area contributed by atoms with Crippen molar-refractivity contribution in [1.29, 1.82) is 0 Å². The number of carbonyl (C=O) groups excluding carboxylic acids is 1. The van der Waals surface area contributed by atoms with E-state index >= 15 is 0 Å². The smallest absolute Gasteiger partial charge is 0.323 e. The summed E-state index contributed by atoms with van der Waals surface area (Å²) >= 11 is 0. The minimum absolute atomic E-state index is 0.0344. The van der Waals surface area contributed by atoms with Gasteiger partial charge in [-0.1, -0.05) is 18.2 Å². The van der Waals surface area contributed by atoms with Crippen LogP contribution in [0.15, 0.2) is 24.3 Å². The second-order valence-electron chi connectivity index (χ2n) is 4.92. The normalized spacial score (nSPS) is 14.1. The lowest BCUT2D eigenvalue weighted by Crippen LogP contribution is -2.38. The molecule has 1 fully saturated rings. The van der Waals surface area contributed by atoms with Crippen molar-refractivity contribution in [3.05, 3.63) is 29.8 Å². The van der Waals surface area contributed by atoms with Gasteiger partial charge in [0.05, 0.1) is 6.42 Å². The SMILES string of the molecule is O=C(O)CN(CC1CC1)C(=O)Cc1ccccc1O. The Balaban J connectivity index is 2.01. The number of phenolic OH excluding ortho intramolecular Hbond substituents is 1. The summed E-state index contributed by atoms with van der Waals surface area (Å²) in [6.07, 6.45) is 2.15. The van der Waals surface area contributed by atoms with Gasteiger partial charge in [0, 0.05) is 12.1 Å². The molecule has 2 N–H and O–H groups in total. The molecule has 1 amide bonds. The third kappa shape index (κ3) is 3.98. The van der Waals surface area contributed by atoms with Crippen molar-refractivity contribution in [1.82, 2.24) is 4.90 Å². The number of para-hydroxylation sites is 1. The minimum atomic E-state index is -1.01. The molecule has 5 nitrogen and oxygen atoms in total. The molecule has 0 unspecified atom stereocenters. The molecule has 1 saturated carbocycles. The van der Waals surface area contributed by atoms with Crippen LogP contribution in [0.25, 0.3) is 0 Å². The highest BCUT2D eigenvalue weighted by Gasteiger charge is 2.28. The third-order valence-corrected chi connectivity index (χ3v) is 3.19. The monoisotopic (exact) mass is 263 g/mol. The third-order valence-electron chi connectivity index (χ3n) is 3.19. The quantitative estimate of drug-likeness (QED) is 0.810. The van der Waals surface area contributed by atoms with Crippen LogP contribution in [0.2, 0.25) is 0 Å². The maximum atomic E-state index is 12.1. The number of amides is 1. The Kier molecular flexibility index (Phi) is 4.04. The van der Waals surface area contributed by atoms with Gasteiger partial charge in [0.2, 0.25) is 5.91 Å². The van der Waals surface area contributed by atoms with E-state index in [0.717, 1.165) is 12.8 Å². The number of phenols is 1. The van der Waals surface area contributed by atoms with Crippen molar-refractivity contribution in [2.75, 3.05) is 13.1 Å². The zero-order valence-electron chi connectivity index (χ0n) is 10.6. The standard InChI is InChI=1S/C14H17NO4/c16-12-4-2-1-3-11(12)7-13(17)15(9-14(18)19)8-10-5-6-10/h1-4,10,16H,5-9H2,(H,18,19). The van der Waals surface area contributed by atoms with Crippen LogP contribution in [-0.4, -0.2) is 40.1 Å². The van der Waals surface area contributed by atoms with E-state index in [1.807, 2.05) is 0 Å². The molecule has 0 spiro atoms. The molecule has 1 aliphatic carbocycles. The minimum Gasteiger partial charge on any atom is -0.508 e. The molecule has 0 atom stereocenters. The number of hydrogen-bond acceptors (Lipinski definition) is 3. The molecular weight excluding hydrogens is 246 g/mol. The van der Waals surface area contributed by atoms with E-state index in [1.165, 1.54) is 11.0 Å². The molecule has 1 aliphatic rings. The number of aromatic hydroxyl groups is 1. The Morgan fingerprint density at radius 2 is 1.95 bits per heavy atom. The first-order valence-corrected chi connectivity index (χ1v) is 6.32. The predicted molar refractivity (Wildman–Crippen MR) is 68.8 cm³/mol. The number of carbonyl (C=O) groups is 2. The molecule has 5 heteroatoms. The van der Waals surface area contributed by atoms with E-state index in [2.05, 4.69) is 0 Å². The molecule has 102 valence electrons. The van der Waals surface area contributed by atoms with Crippen molar-refractivity contribution < 1.29 is 19.8 Å². The molecular formula is C14H17NO4. The summed E-state index contributed by atoms with van der Waals surface area (Å²) in [5, 5.41) is 18.5. The lowest BCUT2D eigenvalue weighted by atomic mass is 10.1. The van der Waals surface area contributed by atoms with Crippen LogP contribution < -0.4 is 0 Å². The first-order chi connectivity index (χ1) is 9.06. The molecule has 0 saturated heterocycles. The summed E-state index contributed by atoms with van der Waals surface area (Å²) in [7, 11) is 0. The number of rotatable bonds is 6. The molecule has 1 aromatic rings. The molecule has 0 heterocycles. The van der Waals surface area contributed by atoms with Crippen LogP contribution in [0.4, 0.5) is 0 Å². The largest absolute Gasteiger partial charge is 0.508 e. The molecule has 0 bridgehead atoms. The Morgan fingerprint density at radius 1 is 1.26 bits per heavy atom. The van der Waals surface area contributed by atoms with Gasteiger partial charge in [0.15, 0.2) is 0 Å². The zero-order valence-corrected chi connectivity index (χ0v) is 10.6. The van der Waals surface area contributed by atoms with E-state index in [4.69, 9.17) is 5.11 Å². The molecule has 19 heavy (non-hydrogen) atoms. The number of aliphatic carboxylic acids is 1. The Bertz CT molecular complexity index is 482. The van der Waals surface area contributed by atoms with Gasteiger partial charge in [-0.25, -0.2) is 0 Å². The number of carboxylic acids is 1. The molecule has 2 rings (SSSR count). The van der Waals surface area contributed by atoms with Crippen molar-refractivity contribution >= 4 is 11.9 Å². The average molecular weight is 263 g/mol. The van der Waals surface area contributed by atoms with Gasteiger partial charge in [0.1, 0.15) is 12.3 Å². The first kappa shape index (κ1) is 13.4. The highest BCUT2D eigenvalue weighted by molar-refractivity contribution is 5.83. The van der Waals surface area contributed by atoms with E-state index in [1.54, 1.807) is 18.2 Å². The van der Waals surface area contributed by atoms with Crippen LogP contribution in [0.3, 0.4) is 0 Å². The van der Waals surface area contributed by atoms with E-state index in [0.29, 0.717) is 18.0 Å². The highest BCUT2D eigenvalue weighted by atomic mass is 16.4. The van der Waals surface area contributed by atoms with Gasteiger partial charge in [-0.2, -0.15) is 0 Å². The van der Waals surface area contributed by atoms with Crippen LogP contribution in [0, 0.1) is 5.92 Å². The molecule has 1 aromatic carbocycles. The number of carboxylic acid groups (broad SMARTS) is 1. The summed E-state index contributed by atoms with van der Waals surface area (Å²) in [6.45, 7) is 0.224. The fraction of sp³-hybridized carbons (Fsp3) is 0.429. The fourth-order valence-electron chi connectivity index (χ4n) is 1.96. The van der Waals surface area contributed by atoms with E-state index in [9.17, 15) is 14.7 Å². The van der Waals surface area contributed by atoms with Gasteiger partial charge < -0.3 is 15.1 Å². The lowest BCUT2D eigenvalue weighted by Gasteiger charge is -2.20. The first-order valence-electron chi connectivity index (χ1n) is 6.32. The molecule has 0 aliphatic heterocycles. The van der Waals surface area contributed by atoms with Crippen LogP contribution in [0.1, 0.15) is 18.4 Å². The van der Waals surface area contributed by atoms with Crippen LogP contribution in [-0.2, 0) is 16.0 Å². The molecule has 0 aromatic heterocycles. The summed E-state index contributed by atoms with van der Waals surface area (Å²) < 4.78 is 0. The zero-order chi connectivity index (χ0) is 13.8. The second kappa shape index (κ2) is 5.73. The van der Waals surface area contributed by atoms with Gasteiger partial charge in [0.25, 0.3) is 0 Å². The van der Waals surface area contributed by atoms with Crippen molar-refractivity contribution in [3.8, 4) is 5.75 Å². The number of hydrogen-bond donors (Lipinski definition) is 2. The Labute approximate surface area is 111 Å². The summed E-state index contributed by atoms with van der Waals surface area (Å²) in [5.41, 5.74) is 0.527. The molecule has 0 radical (unpaired) electrons.